The van der Waals surface area contributed by atoms with Gasteiger partial charge in [-0.15, -0.1) is 0 Å². The summed E-state index contributed by atoms with van der Waals surface area (Å²) in [5, 5.41) is 6.39. The average molecular weight is 390 g/mol. The van der Waals surface area contributed by atoms with Gasteiger partial charge in [0.25, 0.3) is 0 Å². The zero-order chi connectivity index (χ0) is 19.7. The summed E-state index contributed by atoms with van der Waals surface area (Å²) >= 11 is 0. The quantitative estimate of drug-likeness (QED) is 0.738. The standard InChI is InChI=1S/C17H13F3N6O2/c18-17(19,20)11-2-4-12(5-3-11)23-16(27)26-8-10(9-26)15-24-14(25-28-15)13-21-6-1-7-22-13/h1-7,10H,8-9H2,(H,23,27). The maximum Gasteiger partial charge on any atom is 0.416 e. The lowest BCUT2D eigenvalue weighted by Crippen LogP contribution is -2.50. The van der Waals surface area contributed by atoms with Crippen molar-refractivity contribution >= 4 is 11.7 Å². The molecule has 144 valence electrons. The van der Waals surface area contributed by atoms with Gasteiger partial charge in [-0.2, -0.15) is 18.2 Å². The van der Waals surface area contributed by atoms with Crippen LogP contribution in [-0.2, 0) is 6.18 Å². The number of likely N-dealkylation sites (tertiary alicyclic amines) is 1. The third-order valence-electron chi connectivity index (χ3n) is 4.19. The summed E-state index contributed by atoms with van der Waals surface area (Å²) in [5.74, 6) is 0.862. The molecule has 1 aliphatic heterocycles. The molecule has 11 heteroatoms. The van der Waals surface area contributed by atoms with Crippen molar-refractivity contribution in [3.63, 3.8) is 0 Å². The molecule has 1 aliphatic rings. The van der Waals surface area contributed by atoms with Gasteiger partial charge < -0.3 is 14.7 Å². The normalized spacial score (nSPS) is 14.6. The molecule has 8 nitrogen and oxygen atoms in total. The van der Waals surface area contributed by atoms with E-state index in [2.05, 4.69) is 25.4 Å². The Kier molecular flexibility index (Phi) is 4.41. The molecule has 3 aromatic rings. The Morgan fingerprint density at radius 2 is 1.79 bits per heavy atom. The lowest BCUT2D eigenvalue weighted by Gasteiger charge is -2.36. The lowest BCUT2D eigenvalue weighted by molar-refractivity contribution is -0.137. The van der Waals surface area contributed by atoms with Gasteiger partial charge in [0, 0.05) is 31.2 Å². The number of rotatable bonds is 3. The van der Waals surface area contributed by atoms with E-state index in [1.54, 1.807) is 18.5 Å². The monoisotopic (exact) mass is 390 g/mol. The minimum absolute atomic E-state index is 0.122. The van der Waals surface area contributed by atoms with Crippen LogP contribution in [0.2, 0.25) is 0 Å². The average Bonchev–Trinajstić information content (AvgIpc) is 3.10. The zero-order valence-corrected chi connectivity index (χ0v) is 14.2. The molecule has 28 heavy (non-hydrogen) atoms. The number of anilines is 1. The third-order valence-corrected chi connectivity index (χ3v) is 4.19. The Morgan fingerprint density at radius 1 is 1.11 bits per heavy atom. The number of urea groups is 1. The molecule has 3 heterocycles. The van der Waals surface area contributed by atoms with Crippen LogP contribution < -0.4 is 5.32 Å². The molecule has 0 aliphatic carbocycles. The highest BCUT2D eigenvalue weighted by Gasteiger charge is 2.36. The van der Waals surface area contributed by atoms with Gasteiger partial charge in [0.1, 0.15) is 0 Å². The second kappa shape index (κ2) is 6.91. The molecule has 1 fully saturated rings. The van der Waals surface area contributed by atoms with E-state index >= 15 is 0 Å². The van der Waals surface area contributed by atoms with Gasteiger partial charge >= 0.3 is 12.2 Å². The molecule has 1 aromatic carbocycles. The summed E-state index contributed by atoms with van der Waals surface area (Å²) in [6.45, 7) is 0.702. The van der Waals surface area contributed by atoms with Crippen molar-refractivity contribution in [1.29, 1.82) is 0 Å². The van der Waals surface area contributed by atoms with E-state index in [1.165, 1.54) is 17.0 Å². The van der Waals surface area contributed by atoms with Crippen LogP contribution >= 0.6 is 0 Å². The fraction of sp³-hybridized carbons (Fsp3) is 0.235. The number of benzene rings is 1. The van der Waals surface area contributed by atoms with E-state index in [1.807, 2.05) is 0 Å². The van der Waals surface area contributed by atoms with Crippen LogP contribution in [0.4, 0.5) is 23.7 Å². The number of nitrogens with zero attached hydrogens (tertiary/aromatic N) is 5. The number of carbonyl (C=O) groups excluding carboxylic acids is 1. The van der Waals surface area contributed by atoms with Crippen molar-refractivity contribution in [3.8, 4) is 11.6 Å². The van der Waals surface area contributed by atoms with Crippen LogP contribution in [0.5, 0.6) is 0 Å². The Hall–Kier alpha value is -3.50. The van der Waals surface area contributed by atoms with E-state index in [0.29, 0.717) is 24.8 Å². The SMILES string of the molecule is O=C(Nc1ccc(C(F)(F)F)cc1)N1CC(c2nc(-c3ncccn3)no2)C1. The molecule has 0 radical (unpaired) electrons. The molecule has 2 aromatic heterocycles. The van der Waals surface area contributed by atoms with Crippen molar-refractivity contribution in [1.82, 2.24) is 25.0 Å². The number of hydrogen-bond donors (Lipinski definition) is 1. The van der Waals surface area contributed by atoms with E-state index < -0.39 is 17.8 Å². The van der Waals surface area contributed by atoms with Crippen LogP contribution in [0.1, 0.15) is 17.4 Å². The van der Waals surface area contributed by atoms with Gasteiger partial charge in [-0.05, 0) is 30.3 Å². The first kappa shape index (κ1) is 17.9. The van der Waals surface area contributed by atoms with Crippen molar-refractivity contribution in [2.24, 2.45) is 0 Å². The molecule has 2 amide bonds. The molecule has 0 atom stereocenters. The topological polar surface area (TPSA) is 97.0 Å². The van der Waals surface area contributed by atoms with Gasteiger partial charge in [0.2, 0.25) is 17.5 Å². The number of alkyl halides is 3. The molecule has 0 saturated carbocycles. The fourth-order valence-electron chi connectivity index (χ4n) is 2.65. The predicted octanol–water partition coefficient (Wildman–Crippen LogP) is 3.18. The van der Waals surface area contributed by atoms with Gasteiger partial charge in [-0.25, -0.2) is 14.8 Å². The smallest absolute Gasteiger partial charge is 0.338 e. The van der Waals surface area contributed by atoms with Crippen LogP contribution in [0.15, 0.2) is 47.2 Å². The number of halogens is 3. The number of hydrogen-bond acceptors (Lipinski definition) is 6. The molecule has 1 saturated heterocycles. The zero-order valence-electron chi connectivity index (χ0n) is 14.2. The van der Waals surface area contributed by atoms with Crippen molar-refractivity contribution < 1.29 is 22.5 Å². The molecule has 0 bridgehead atoms. The van der Waals surface area contributed by atoms with Gasteiger partial charge in [0.15, 0.2) is 0 Å². The highest BCUT2D eigenvalue weighted by Crippen LogP contribution is 2.30. The first-order valence-corrected chi connectivity index (χ1v) is 8.24. The predicted molar refractivity (Wildman–Crippen MR) is 90.1 cm³/mol. The summed E-state index contributed by atoms with van der Waals surface area (Å²) in [7, 11) is 0. The third kappa shape index (κ3) is 3.63. The van der Waals surface area contributed by atoms with Crippen molar-refractivity contribution in [3.05, 3.63) is 54.2 Å². The fourth-order valence-corrected chi connectivity index (χ4v) is 2.65. The van der Waals surface area contributed by atoms with Crippen molar-refractivity contribution in [2.45, 2.75) is 12.1 Å². The van der Waals surface area contributed by atoms with E-state index in [-0.39, 0.29) is 17.4 Å². The maximum absolute atomic E-state index is 12.6. The summed E-state index contributed by atoms with van der Waals surface area (Å²) in [6.07, 6.45) is -1.29. The molecular weight excluding hydrogens is 377 g/mol. The minimum Gasteiger partial charge on any atom is -0.338 e. The number of nitrogens with one attached hydrogen (secondary N) is 1. The molecule has 1 N–H and O–H groups in total. The lowest BCUT2D eigenvalue weighted by atomic mass is 10.0. The molecular formula is C17H13F3N6O2. The molecule has 4 rings (SSSR count). The Bertz CT molecular complexity index is 969. The first-order valence-electron chi connectivity index (χ1n) is 8.24. The largest absolute Gasteiger partial charge is 0.416 e. The molecule has 0 unspecified atom stereocenters. The molecule has 0 spiro atoms. The minimum atomic E-state index is -4.42. The maximum atomic E-state index is 12.6. The van der Waals surface area contributed by atoms with E-state index in [9.17, 15) is 18.0 Å². The summed E-state index contributed by atoms with van der Waals surface area (Å²) < 4.78 is 42.9. The second-order valence-electron chi connectivity index (χ2n) is 6.14. The first-order chi connectivity index (χ1) is 13.4. The van der Waals surface area contributed by atoms with Crippen LogP contribution in [0, 0.1) is 0 Å². The van der Waals surface area contributed by atoms with Gasteiger partial charge in [0.05, 0.1) is 11.5 Å². The number of aromatic nitrogens is 4. The summed E-state index contributed by atoms with van der Waals surface area (Å²) in [6, 6.07) is 5.51. The van der Waals surface area contributed by atoms with Crippen LogP contribution in [0.3, 0.4) is 0 Å². The summed E-state index contributed by atoms with van der Waals surface area (Å²) in [5.41, 5.74) is -0.494. The van der Waals surface area contributed by atoms with E-state index in [4.69, 9.17) is 4.52 Å². The Morgan fingerprint density at radius 3 is 2.43 bits per heavy atom. The number of carbonyl (C=O) groups is 1. The van der Waals surface area contributed by atoms with Crippen LogP contribution in [-0.4, -0.2) is 44.1 Å². The van der Waals surface area contributed by atoms with E-state index in [0.717, 1.165) is 12.1 Å². The second-order valence-corrected chi connectivity index (χ2v) is 6.14. The highest BCUT2D eigenvalue weighted by atomic mass is 19.4. The number of amides is 2. The Balaban J connectivity index is 1.33. The van der Waals surface area contributed by atoms with Gasteiger partial charge in [-0.3, -0.25) is 0 Å². The highest BCUT2D eigenvalue weighted by molar-refractivity contribution is 5.90. The van der Waals surface area contributed by atoms with Gasteiger partial charge in [-0.1, -0.05) is 5.16 Å². The Labute approximate surface area is 156 Å². The van der Waals surface area contributed by atoms with Crippen LogP contribution in [0.25, 0.3) is 11.6 Å². The van der Waals surface area contributed by atoms with Crippen molar-refractivity contribution in [2.75, 3.05) is 18.4 Å². The summed E-state index contributed by atoms with van der Waals surface area (Å²) in [4.78, 5) is 26.0.